The van der Waals surface area contributed by atoms with Crippen LogP contribution in [0.15, 0.2) is 48.5 Å². The molecule has 0 unspecified atom stereocenters. The normalized spacial score (nSPS) is 16.4. The first-order valence-corrected chi connectivity index (χ1v) is 11.8. The summed E-state index contributed by atoms with van der Waals surface area (Å²) in [6, 6.07) is 14.6. The fourth-order valence-electron chi connectivity index (χ4n) is 4.91. The number of amides is 1. The van der Waals surface area contributed by atoms with Gasteiger partial charge in [-0.15, -0.1) is 0 Å². The fraction of sp³-hybridized carbons (Fsp3) is 0.370. The highest BCUT2D eigenvalue weighted by Gasteiger charge is 2.24. The van der Waals surface area contributed by atoms with Gasteiger partial charge < -0.3 is 19.4 Å². The van der Waals surface area contributed by atoms with Crippen LogP contribution in [0.4, 0.5) is 4.39 Å². The summed E-state index contributed by atoms with van der Waals surface area (Å²) >= 11 is 0. The summed E-state index contributed by atoms with van der Waals surface area (Å²) in [5, 5.41) is 3.24. The zero-order valence-corrected chi connectivity index (χ0v) is 19.6. The Hall–Kier alpha value is -3.32. The molecule has 3 heterocycles. The first kappa shape index (κ1) is 22.5. The monoisotopic (exact) mass is 463 g/mol. The third-order valence-corrected chi connectivity index (χ3v) is 6.70. The maximum Gasteiger partial charge on any atom is 0.253 e. The van der Waals surface area contributed by atoms with E-state index in [-0.39, 0.29) is 17.8 Å². The van der Waals surface area contributed by atoms with Crippen LogP contribution < -0.4 is 14.8 Å². The van der Waals surface area contributed by atoms with Gasteiger partial charge >= 0.3 is 0 Å². The molecule has 2 aliphatic heterocycles. The number of rotatable bonds is 5. The number of piperidine rings is 1. The molecule has 0 spiro atoms. The van der Waals surface area contributed by atoms with Crippen LogP contribution in [0.1, 0.15) is 40.2 Å². The zero-order chi connectivity index (χ0) is 23.7. The van der Waals surface area contributed by atoms with Crippen LogP contribution in [0.5, 0.6) is 11.5 Å². The second kappa shape index (κ2) is 9.50. The maximum atomic E-state index is 13.1. The molecule has 2 aliphatic rings. The van der Waals surface area contributed by atoms with E-state index in [1.807, 2.05) is 50.2 Å². The van der Waals surface area contributed by atoms with E-state index >= 15 is 0 Å². The van der Waals surface area contributed by atoms with Crippen LogP contribution in [0.3, 0.4) is 0 Å². The SMILES string of the molecule is Cc1cc(C(=O)NC2CCN(Cc3ccc(F)cc3)CC2)c(C)n1-c1ccc2c(c1)OCCO2. The Balaban J connectivity index is 1.22. The van der Waals surface area contributed by atoms with E-state index in [1.54, 1.807) is 0 Å². The largest absolute Gasteiger partial charge is 0.486 e. The molecule has 0 radical (unpaired) electrons. The standard InChI is InChI=1S/C27H30FN3O3/c1-18-15-24(19(2)31(18)23-7-8-25-26(16-23)34-14-13-33-25)27(32)29-22-9-11-30(12-10-22)17-20-3-5-21(28)6-4-20/h3-8,15-16,22H,9-14,17H2,1-2H3,(H,29,32). The molecule has 34 heavy (non-hydrogen) atoms. The van der Waals surface area contributed by atoms with E-state index in [0.717, 1.165) is 66.6 Å². The number of carbonyl (C=O) groups excluding carboxylic acids is 1. The summed E-state index contributed by atoms with van der Waals surface area (Å²) in [7, 11) is 0. The van der Waals surface area contributed by atoms with Crippen LogP contribution in [0.2, 0.25) is 0 Å². The molecule has 5 rings (SSSR count). The van der Waals surface area contributed by atoms with Crippen LogP contribution >= 0.6 is 0 Å². The number of benzene rings is 2. The molecule has 178 valence electrons. The van der Waals surface area contributed by atoms with Crippen molar-refractivity contribution >= 4 is 5.91 Å². The van der Waals surface area contributed by atoms with Crippen LogP contribution in [-0.2, 0) is 6.54 Å². The number of carbonyl (C=O) groups is 1. The van der Waals surface area contributed by atoms with Crippen molar-refractivity contribution < 1.29 is 18.7 Å². The Kier molecular flexibility index (Phi) is 6.28. The fourth-order valence-corrected chi connectivity index (χ4v) is 4.91. The molecular formula is C27H30FN3O3. The van der Waals surface area contributed by atoms with Crippen molar-refractivity contribution in [2.24, 2.45) is 0 Å². The molecule has 0 saturated carbocycles. The highest BCUT2D eigenvalue weighted by molar-refractivity contribution is 5.96. The predicted molar refractivity (Wildman–Crippen MR) is 128 cm³/mol. The number of aromatic nitrogens is 1. The van der Waals surface area contributed by atoms with Gasteiger partial charge in [0.25, 0.3) is 5.91 Å². The second-order valence-corrected chi connectivity index (χ2v) is 9.10. The molecule has 3 aromatic rings. The lowest BCUT2D eigenvalue weighted by Gasteiger charge is -2.32. The lowest BCUT2D eigenvalue weighted by molar-refractivity contribution is 0.0908. The Labute approximate surface area is 199 Å². The number of fused-ring (bicyclic) bond motifs is 1. The van der Waals surface area contributed by atoms with E-state index in [1.165, 1.54) is 12.1 Å². The third kappa shape index (κ3) is 4.66. The number of hydrogen-bond donors (Lipinski definition) is 1. The van der Waals surface area contributed by atoms with Gasteiger partial charge in [0.1, 0.15) is 19.0 Å². The molecule has 7 heteroatoms. The number of nitrogens with one attached hydrogen (secondary N) is 1. The summed E-state index contributed by atoms with van der Waals surface area (Å²) in [5.41, 5.74) is 4.65. The lowest BCUT2D eigenvalue weighted by atomic mass is 10.0. The van der Waals surface area contributed by atoms with Crippen LogP contribution in [0.25, 0.3) is 5.69 Å². The number of ether oxygens (including phenoxy) is 2. The molecule has 1 saturated heterocycles. The van der Waals surface area contributed by atoms with Gasteiger partial charge in [-0.25, -0.2) is 4.39 Å². The first-order chi connectivity index (χ1) is 16.5. The van der Waals surface area contributed by atoms with Gasteiger partial charge in [0, 0.05) is 48.8 Å². The number of nitrogens with zero attached hydrogens (tertiary/aromatic N) is 2. The number of likely N-dealkylation sites (tertiary alicyclic amines) is 1. The molecule has 1 fully saturated rings. The Morgan fingerprint density at radius 2 is 1.71 bits per heavy atom. The second-order valence-electron chi connectivity index (χ2n) is 9.10. The van der Waals surface area contributed by atoms with Crippen molar-refractivity contribution in [2.75, 3.05) is 26.3 Å². The molecule has 2 aromatic carbocycles. The van der Waals surface area contributed by atoms with Crippen molar-refractivity contribution in [1.29, 1.82) is 0 Å². The van der Waals surface area contributed by atoms with Gasteiger partial charge in [-0.3, -0.25) is 9.69 Å². The summed E-state index contributed by atoms with van der Waals surface area (Å²) in [6.07, 6.45) is 1.79. The summed E-state index contributed by atoms with van der Waals surface area (Å²) in [4.78, 5) is 15.5. The highest BCUT2D eigenvalue weighted by Crippen LogP contribution is 2.33. The van der Waals surface area contributed by atoms with Crippen molar-refractivity contribution in [2.45, 2.75) is 39.3 Å². The molecule has 6 nitrogen and oxygen atoms in total. The van der Waals surface area contributed by atoms with Crippen molar-refractivity contribution in [3.63, 3.8) is 0 Å². The van der Waals surface area contributed by atoms with E-state index in [2.05, 4.69) is 14.8 Å². The topological polar surface area (TPSA) is 55.7 Å². The molecule has 1 aromatic heterocycles. The van der Waals surface area contributed by atoms with Gasteiger partial charge in [-0.05, 0) is 62.6 Å². The summed E-state index contributed by atoms with van der Waals surface area (Å²) in [5.74, 6) is 1.24. The minimum atomic E-state index is -0.210. The van der Waals surface area contributed by atoms with Crippen molar-refractivity contribution in [1.82, 2.24) is 14.8 Å². The Morgan fingerprint density at radius 1 is 1.00 bits per heavy atom. The third-order valence-electron chi connectivity index (χ3n) is 6.70. The van der Waals surface area contributed by atoms with Crippen molar-refractivity contribution in [3.8, 4) is 17.2 Å². The number of aryl methyl sites for hydroxylation is 1. The van der Waals surface area contributed by atoms with Gasteiger partial charge in [0.05, 0.1) is 5.56 Å². The molecule has 0 aliphatic carbocycles. The highest BCUT2D eigenvalue weighted by atomic mass is 19.1. The van der Waals surface area contributed by atoms with Crippen LogP contribution in [-0.4, -0.2) is 47.7 Å². The van der Waals surface area contributed by atoms with Gasteiger partial charge in [0.15, 0.2) is 11.5 Å². The first-order valence-electron chi connectivity index (χ1n) is 11.8. The molecule has 1 amide bonds. The summed E-state index contributed by atoms with van der Waals surface area (Å²) in [6.45, 7) is 7.69. The minimum Gasteiger partial charge on any atom is -0.486 e. The average Bonchev–Trinajstić information content (AvgIpc) is 3.15. The quantitative estimate of drug-likeness (QED) is 0.610. The predicted octanol–water partition coefficient (Wildman–Crippen LogP) is 4.40. The molecular weight excluding hydrogens is 433 g/mol. The maximum absolute atomic E-state index is 13.1. The minimum absolute atomic E-state index is 0.0334. The van der Waals surface area contributed by atoms with E-state index in [9.17, 15) is 9.18 Å². The van der Waals surface area contributed by atoms with E-state index < -0.39 is 0 Å². The van der Waals surface area contributed by atoms with Gasteiger partial charge in [0.2, 0.25) is 0 Å². The lowest BCUT2D eigenvalue weighted by Crippen LogP contribution is -2.44. The Morgan fingerprint density at radius 3 is 2.44 bits per heavy atom. The van der Waals surface area contributed by atoms with Crippen LogP contribution in [0, 0.1) is 19.7 Å². The molecule has 1 N–H and O–H groups in total. The van der Waals surface area contributed by atoms with Gasteiger partial charge in [-0.2, -0.15) is 0 Å². The molecule has 0 bridgehead atoms. The zero-order valence-electron chi connectivity index (χ0n) is 19.6. The summed E-state index contributed by atoms with van der Waals surface area (Å²) < 4.78 is 26.6. The average molecular weight is 464 g/mol. The van der Waals surface area contributed by atoms with E-state index in [4.69, 9.17) is 9.47 Å². The van der Waals surface area contributed by atoms with Crippen molar-refractivity contribution in [3.05, 3.63) is 76.9 Å². The smallest absolute Gasteiger partial charge is 0.253 e. The molecule has 0 atom stereocenters. The van der Waals surface area contributed by atoms with Gasteiger partial charge in [-0.1, -0.05) is 12.1 Å². The Bertz CT molecular complexity index is 1180. The van der Waals surface area contributed by atoms with E-state index in [0.29, 0.717) is 18.8 Å². The number of hydrogen-bond acceptors (Lipinski definition) is 4. The number of halogens is 1.